The topological polar surface area (TPSA) is 267 Å². The fourth-order valence-electron chi connectivity index (χ4n) is 4.58. The Labute approximate surface area is 268 Å². The van der Waals surface area contributed by atoms with Crippen molar-refractivity contribution >= 4 is 47.3 Å². The van der Waals surface area contributed by atoms with Crippen LogP contribution in [-0.2, 0) is 38.4 Å². The monoisotopic (exact) mass is 654 g/mol. The second-order valence-corrected chi connectivity index (χ2v) is 11.9. The first-order valence-electron chi connectivity index (χ1n) is 15.5. The molecule has 0 aromatic rings. The highest BCUT2D eigenvalue weighted by atomic mass is 16.4. The van der Waals surface area contributed by atoms with Crippen molar-refractivity contribution < 1.29 is 43.5 Å². The van der Waals surface area contributed by atoms with Gasteiger partial charge in [0.15, 0.2) is 0 Å². The summed E-state index contributed by atoms with van der Waals surface area (Å²) in [5, 5.41) is 27.1. The van der Waals surface area contributed by atoms with Crippen LogP contribution >= 0.6 is 0 Å². The molecule has 0 aliphatic carbocycles. The van der Waals surface area contributed by atoms with Crippen molar-refractivity contribution in [1.29, 1.82) is 0 Å². The second-order valence-electron chi connectivity index (χ2n) is 11.9. The molecule has 0 bridgehead atoms. The molecule has 0 aromatic heterocycles. The Morgan fingerprint density at radius 2 is 1.43 bits per heavy atom. The van der Waals surface area contributed by atoms with Crippen molar-refractivity contribution in [3.05, 3.63) is 0 Å². The summed E-state index contributed by atoms with van der Waals surface area (Å²) in [6.45, 7) is 8.37. The highest BCUT2D eigenvalue weighted by molar-refractivity contribution is 5.95. The number of hydrogen-bond donors (Lipinski definition) is 9. The first kappa shape index (κ1) is 39.7. The lowest BCUT2D eigenvalue weighted by atomic mass is 9.98. The summed E-state index contributed by atoms with van der Waals surface area (Å²) in [6.07, 6.45) is 1.90. The van der Waals surface area contributed by atoms with Gasteiger partial charge in [0.25, 0.3) is 0 Å². The molecule has 0 radical (unpaired) electrons. The molecule has 0 saturated carbocycles. The lowest BCUT2D eigenvalue weighted by molar-refractivity contribution is -0.142. The van der Waals surface area contributed by atoms with Crippen LogP contribution in [-0.4, -0.2) is 102 Å². The normalized spacial score (nSPS) is 17.4. The first-order chi connectivity index (χ1) is 21.5. The van der Waals surface area contributed by atoms with Crippen LogP contribution in [0.1, 0.15) is 73.1 Å². The third kappa shape index (κ3) is 14.7. The zero-order chi connectivity index (χ0) is 35.0. The van der Waals surface area contributed by atoms with Crippen LogP contribution in [0, 0.1) is 11.8 Å². The largest absolute Gasteiger partial charge is 0.480 e. The van der Waals surface area contributed by atoms with Crippen LogP contribution in [0.4, 0.5) is 0 Å². The minimum Gasteiger partial charge on any atom is -0.480 e. The van der Waals surface area contributed by atoms with Crippen LogP contribution in [0.15, 0.2) is 0 Å². The van der Waals surface area contributed by atoms with E-state index >= 15 is 0 Å². The number of nitrogens with two attached hydrogens (primary N) is 1. The van der Waals surface area contributed by atoms with E-state index in [2.05, 4.69) is 37.2 Å². The summed E-state index contributed by atoms with van der Waals surface area (Å²) in [4.78, 5) is 98.2. The number of carbonyl (C=O) groups excluding carboxylic acids is 7. The van der Waals surface area contributed by atoms with Gasteiger partial charge in [0.1, 0.15) is 24.2 Å². The average Bonchev–Trinajstić information content (AvgIpc) is 3.53. The Kier molecular flexibility index (Phi) is 17.3. The van der Waals surface area contributed by atoms with E-state index in [1.165, 1.54) is 6.92 Å². The molecule has 7 amide bonds. The van der Waals surface area contributed by atoms with Gasteiger partial charge in [-0.3, -0.25) is 33.6 Å². The maximum atomic E-state index is 13.1. The molecule has 1 heterocycles. The number of carbonyl (C=O) groups is 8. The average molecular weight is 655 g/mol. The number of rotatable bonds is 20. The Balaban J connectivity index is 2.69. The Bertz CT molecular complexity index is 1110. The van der Waals surface area contributed by atoms with Gasteiger partial charge in [-0.25, -0.2) is 4.79 Å². The Morgan fingerprint density at radius 3 is 1.96 bits per heavy atom. The predicted octanol–water partition coefficient (Wildman–Crippen LogP) is -2.63. The molecule has 1 aliphatic heterocycles. The van der Waals surface area contributed by atoms with Crippen LogP contribution < -0.4 is 43.0 Å². The summed E-state index contributed by atoms with van der Waals surface area (Å²) in [5.41, 5.74) is 5.01. The Morgan fingerprint density at radius 1 is 0.826 bits per heavy atom. The number of amides is 7. The number of carboxylic acids is 1. The molecule has 17 heteroatoms. The van der Waals surface area contributed by atoms with Crippen molar-refractivity contribution in [2.75, 3.05) is 19.6 Å². The zero-order valence-electron chi connectivity index (χ0n) is 27.2. The van der Waals surface area contributed by atoms with Gasteiger partial charge in [-0.05, 0) is 51.0 Å². The Hall–Kier alpha value is -4.28. The number of carboxylic acid groups (broad SMARTS) is 1. The lowest BCUT2D eigenvalue weighted by Crippen LogP contribution is -2.57. The quantitative estimate of drug-likeness (QED) is 0.0659. The van der Waals surface area contributed by atoms with E-state index in [0.717, 1.165) is 13.0 Å². The smallest absolute Gasteiger partial charge is 0.326 e. The number of aliphatic carboxylic acids is 1. The third-order valence-electron chi connectivity index (χ3n) is 7.44. The van der Waals surface area contributed by atoms with Crippen molar-refractivity contribution in [3.63, 3.8) is 0 Å². The van der Waals surface area contributed by atoms with Gasteiger partial charge >= 0.3 is 5.97 Å². The molecule has 0 spiro atoms. The van der Waals surface area contributed by atoms with E-state index in [9.17, 15) is 43.5 Å². The van der Waals surface area contributed by atoms with Crippen LogP contribution in [0.25, 0.3) is 0 Å². The van der Waals surface area contributed by atoms with Crippen molar-refractivity contribution in [1.82, 2.24) is 37.2 Å². The fourth-order valence-corrected chi connectivity index (χ4v) is 4.58. The molecule has 0 unspecified atom stereocenters. The van der Waals surface area contributed by atoms with Crippen LogP contribution in [0.2, 0.25) is 0 Å². The van der Waals surface area contributed by atoms with Crippen LogP contribution in [0.3, 0.4) is 0 Å². The SMILES string of the molecule is CC[C@H](C)[C@H](NC(=O)CNC(=O)[C@H](CC(C)C)NC(=O)[C@@H]1CCCN1)C(=O)N[C@@H](C)C(=O)NCC(=O)N[C@@H](CCC(N)=O)C(=O)O. The maximum absolute atomic E-state index is 13.1. The van der Waals surface area contributed by atoms with Crippen molar-refractivity contribution in [2.45, 2.75) is 103 Å². The summed E-state index contributed by atoms with van der Waals surface area (Å²) in [5.74, 6) is -6.10. The molecule has 1 rings (SSSR count). The van der Waals surface area contributed by atoms with Gasteiger partial charge in [0, 0.05) is 6.42 Å². The lowest BCUT2D eigenvalue weighted by Gasteiger charge is -2.26. The van der Waals surface area contributed by atoms with Gasteiger partial charge < -0.3 is 48.1 Å². The minimum atomic E-state index is -1.38. The summed E-state index contributed by atoms with van der Waals surface area (Å²) in [7, 11) is 0. The molecular weight excluding hydrogens is 604 g/mol. The predicted molar refractivity (Wildman–Crippen MR) is 165 cm³/mol. The standard InChI is InChI=1S/C29H50N8O9/c1-6-16(4)24(28(44)34-17(5)25(41)32-13-22(39)35-19(29(45)46)9-10-21(30)38)37-23(40)14-33-26(42)20(12-15(2)3)36-27(43)18-8-7-11-31-18/h15-20,24,31H,6-14H2,1-5H3,(H2,30,38)(H,32,41)(H,33,42)(H,34,44)(H,35,39)(H,36,43)(H,37,40)(H,45,46)/t16-,17-,18-,19-,20-,24-/m0/s1. The van der Waals surface area contributed by atoms with Crippen molar-refractivity contribution in [3.8, 4) is 0 Å². The van der Waals surface area contributed by atoms with E-state index in [4.69, 9.17) is 5.73 Å². The zero-order valence-corrected chi connectivity index (χ0v) is 27.2. The summed E-state index contributed by atoms with van der Waals surface area (Å²) in [6, 6.07) is -4.79. The summed E-state index contributed by atoms with van der Waals surface area (Å²) < 4.78 is 0. The molecule has 1 saturated heterocycles. The first-order valence-corrected chi connectivity index (χ1v) is 15.5. The number of hydrogen-bond acceptors (Lipinski definition) is 9. The molecule has 260 valence electrons. The van der Waals surface area contributed by atoms with Gasteiger partial charge in [0.2, 0.25) is 41.4 Å². The molecule has 1 fully saturated rings. The molecule has 6 atom stereocenters. The van der Waals surface area contributed by atoms with Crippen LogP contribution in [0.5, 0.6) is 0 Å². The van der Waals surface area contributed by atoms with Gasteiger partial charge in [-0.2, -0.15) is 0 Å². The van der Waals surface area contributed by atoms with Gasteiger partial charge in [0.05, 0.1) is 19.1 Å². The van der Waals surface area contributed by atoms with E-state index in [-0.39, 0.29) is 36.6 Å². The van der Waals surface area contributed by atoms with Crippen molar-refractivity contribution in [2.24, 2.45) is 17.6 Å². The minimum absolute atomic E-state index is 0.0865. The van der Waals surface area contributed by atoms with E-state index in [1.807, 2.05) is 13.8 Å². The van der Waals surface area contributed by atoms with E-state index in [1.54, 1.807) is 13.8 Å². The molecule has 46 heavy (non-hydrogen) atoms. The van der Waals surface area contributed by atoms with E-state index < -0.39 is 78.7 Å². The molecule has 17 nitrogen and oxygen atoms in total. The number of nitrogens with one attached hydrogen (secondary N) is 7. The van der Waals surface area contributed by atoms with Gasteiger partial charge in [-0.1, -0.05) is 34.1 Å². The maximum Gasteiger partial charge on any atom is 0.326 e. The number of primary amides is 1. The highest BCUT2D eigenvalue weighted by Gasteiger charge is 2.31. The summed E-state index contributed by atoms with van der Waals surface area (Å²) >= 11 is 0. The molecule has 0 aromatic carbocycles. The molecule has 1 aliphatic rings. The molecule has 10 N–H and O–H groups in total. The molecular formula is C29H50N8O9. The highest BCUT2D eigenvalue weighted by Crippen LogP contribution is 2.10. The van der Waals surface area contributed by atoms with E-state index in [0.29, 0.717) is 19.3 Å². The fraction of sp³-hybridized carbons (Fsp3) is 0.724. The van der Waals surface area contributed by atoms with Gasteiger partial charge in [-0.15, -0.1) is 0 Å². The third-order valence-corrected chi connectivity index (χ3v) is 7.44. The second kappa shape index (κ2) is 20.0.